The van der Waals surface area contributed by atoms with Gasteiger partial charge in [0.15, 0.2) is 5.69 Å². The molecule has 4 nitrogen and oxygen atoms in total. The second kappa shape index (κ2) is 4.39. The van der Waals surface area contributed by atoms with Gasteiger partial charge in [-0.1, -0.05) is 11.6 Å². The largest absolute Gasteiger partial charge is 0.481 e. The van der Waals surface area contributed by atoms with Crippen molar-refractivity contribution < 1.29 is 23.4 Å². The number of ether oxygens (including phenoxy) is 1. The van der Waals surface area contributed by atoms with Crippen molar-refractivity contribution in [1.29, 1.82) is 0 Å². The number of nitrogens with zero attached hydrogens (tertiary/aromatic N) is 1. The average molecular weight is 238 g/mol. The van der Waals surface area contributed by atoms with Gasteiger partial charge in [-0.3, -0.25) is 0 Å². The molecular formula is C8H6ClF2NO3. The highest BCUT2D eigenvalue weighted by atomic mass is 35.5. The van der Waals surface area contributed by atoms with E-state index >= 15 is 0 Å². The third-order valence-electron chi connectivity index (χ3n) is 1.60. The fourth-order valence-corrected chi connectivity index (χ4v) is 1.23. The molecule has 0 saturated heterocycles. The van der Waals surface area contributed by atoms with Gasteiger partial charge in [-0.05, 0) is 6.07 Å². The number of carboxylic acid groups (broad SMARTS) is 1. The molecule has 1 heterocycles. The summed E-state index contributed by atoms with van der Waals surface area (Å²) in [6.45, 7) is 0. The molecule has 1 aromatic heterocycles. The SMILES string of the molecule is COc1nc(C(=O)O)cc(Cl)c1C(F)F. The minimum Gasteiger partial charge on any atom is -0.481 e. The molecule has 1 aromatic rings. The van der Waals surface area contributed by atoms with Crippen LogP contribution >= 0.6 is 11.6 Å². The molecule has 0 amide bonds. The first kappa shape index (κ1) is 11.6. The molecule has 1 rings (SSSR count). The summed E-state index contributed by atoms with van der Waals surface area (Å²) in [7, 11) is 1.11. The standard InChI is InChI=1S/C8H6ClF2NO3/c1-15-7-5(6(10)11)3(9)2-4(12-7)8(13)14/h2,6H,1H3,(H,13,14). The first-order valence-corrected chi connectivity index (χ1v) is 4.11. The Balaban J connectivity index is 3.37. The Morgan fingerprint density at radius 1 is 1.67 bits per heavy atom. The Morgan fingerprint density at radius 2 is 2.27 bits per heavy atom. The maximum atomic E-state index is 12.5. The van der Waals surface area contributed by atoms with Crippen LogP contribution in [-0.4, -0.2) is 23.2 Å². The number of rotatable bonds is 3. The minimum atomic E-state index is -2.87. The highest BCUT2D eigenvalue weighted by Crippen LogP contribution is 2.34. The van der Waals surface area contributed by atoms with Crippen molar-refractivity contribution in [2.45, 2.75) is 6.43 Å². The molecule has 0 aliphatic carbocycles. The van der Waals surface area contributed by atoms with Crippen molar-refractivity contribution in [1.82, 2.24) is 4.98 Å². The predicted molar refractivity (Wildman–Crippen MR) is 47.7 cm³/mol. The fourth-order valence-electron chi connectivity index (χ4n) is 0.965. The van der Waals surface area contributed by atoms with Crippen LogP contribution in [-0.2, 0) is 0 Å². The molecule has 0 atom stereocenters. The third kappa shape index (κ3) is 2.33. The highest BCUT2D eigenvalue weighted by Gasteiger charge is 2.22. The van der Waals surface area contributed by atoms with E-state index in [2.05, 4.69) is 9.72 Å². The van der Waals surface area contributed by atoms with Gasteiger partial charge in [0.2, 0.25) is 5.88 Å². The summed E-state index contributed by atoms with van der Waals surface area (Å²) in [6.07, 6.45) is -2.87. The van der Waals surface area contributed by atoms with Crippen molar-refractivity contribution in [3.8, 4) is 5.88 Å². The van der Waals surface area contributed by atoms with Crippen molar-refractivity contribution in [3.05, 3.63) is 22.3 Å². The number of hydrogen-bond acceptors (Lipinski definition) is 3. The van der Waals surface area contributed by atoms with Crippen LogP contribution in [0.2, 0.25) is 5.02 Å². The second-order valence-electron chi connectivity index (χ2n) is 2.52. The maximum Gasteiger partial charge on any atom is 0.354 e. The van der Waals surface area contributed by atoms with Crippen molar-refractivity contribution in [2.24, 2.45) is 0 Å². The lowest BCUT2D eigenvalue weighted by molar-refractivity contribution is 0.0688. The predicted octanol–water partition coefficient (Wildman–Crippen LogP) is 2.38. The summed E-state index contributed by atoms with van der Waals surface area (Å²) >= 11 is 5.49. The quantitative estimate of drug-likeness (QED) is 0.877. The van der Waals surface area contributed by atoms with E-state index in [1.807, 2.05) is 0 Å². The molecule has 0 aliphatic heterocycles. The normalized spacial score (nSPS) is 10.5. The van der Waals surface area contributed by atoms with Crippen LogP contribution < -0.4 is 4.74 Å². The number of aromatic nitrogens is 1. The molecule has 0 spiro atoms. The summed E-state index contributed by atoms with van der Waals surface area (Å²) in [5, 5.41) is 8.21. The average Bonchev–Trinajstić information content (AvgIpc) is 2.15. The van der Waals surface area contributed by atoms with Gasteiger partial charge in [0, 0.05) is 0 Å². The monoisotopic (exact) mass is 237 g/mol. The molecule has 15 heavy (non-hydrogen) atoms. The van der Waals surface area contributed by atoms with Crippen molar-refractivity contribution >= 4 is 17.6 Å². The van der Waals surface area contributed by atoms with Gasteiger partial charge < -0.3 is 9.84 Å². The van der Waals surface area contributed by atoms with Gasteiger partial charge in [0.1, 0.15) is 0 Å². The maximum absolute atomic E-state index is 12.5. The minimum absolute atomic E-state index is 0.380. The Hall–Kier alpha value is -1.43. The van der Waals surface area contributed by atoms with Crippen LogP contribution in [0.5, 0.6) is 5.88 Å². The number of carboxylic acids is 1. The van der Waals surface area contributed by atoms with E-state index in [9.17, 15) is 13.6 Å². The van der Waals surface area contributed by atoms with Crippen LogP contribution in [0.4, 0.5) is 8.78 Å². The Morgan fingerprint density at radius 3 is 2.67 bits per heavy atom. The first-order chi connectivity index (χ1) is 6.97. The number of methoxy groups -OCH3 is 1. The Bertz CT molecular complexity index is 398. The summed E-state index contributed by atoms with van der Waals surface area (Å²) < 4.78 is 29.5. The smallest absolute Gasteiger partial charge is 0.354 e. The number of hydrogen-bond donors (Lipinski definition) is 1. The van der Waals surface area contributed by atoms with Gasteiger partial charge in [-0.15, -0.1) is 0 Å². The topological polar surface area (TPSA) is 59.4 Å². The number of carbonyl (C=O) groups is 1. The fraction of sp³-hybridized carbons (Fsp3) is 0.250. The van der Waals surface area contributed by atoms with Crippen LogP contribution in [0.15, 0.2) is 6.07 Å². The summed E-state index contributed by atoms with van der Waals surface area (Å²) in [5.41, 5.74) is -1.05. The number of pyridine rings is 1. The molecule has 82 valence electrons. The van der Waals surface area contributed by atoms with Gasteiger partial charge in [-0.25, -0.2) is 18.6 Å². The van der Waals surface area contributed by atoms with E-state index in [4.69, 9.17) is 16.7 Å². The van der Waals surface area contributed by atoms with E-state index in [-0.39, 0.29) is 5.02 Å². The van der Waals surface area contributed by atoms with Gasteiger partial charge in [0.25, 0.3) is 6.43 Å². The zero-order chi connectivity index (χ0) is 11.6. The van der Waals surface area contributed by atoms with E-state index in [0.29, 0.717) is 0 Å². The molecule has 7 heteroatoms. The lowest BCUT2D eigenvalue weighted by Gasteiger charge is -2.09. The molecule has 0 unspecified atom stereocenters. The lowest BCUT2D eigenvalue weighted by atomic mass is 10.2. The zero-order valence-corrected chi connectivity index (χ0v) is 8.26. The van der Waals surface area contributed by atoms with Crippen LogP contribution in [0.3, 0.4) is 0 Å². The van der Waals surface area contributed by atoms with Gasteiger partial charge in [-0.2, -0.15) is 0 Å². The Kier molecular flexibility index (Phi) is 3.41. The van der Waals surface area contributed by atoms with E-state index in [1.165, 1.54) is 0 Å². The second-order valence-corrected chi connectivity index (χ2v) is 2.93. The van der Waals surface area contributed by atoms with Gasteiger partial charge in [0.05, 0.1) is 17.7 Å². The molecule has 0 fully saturated rings. The van der Waals surface area contributed by atoms with Gasteiger partial charge >= 0.3 is 5.97 Å². The zero-order valence-electron chi connectivity index (χ0n) is 7.50. The van der Waals surface area contributed by atoms with E-state index in [0.717, 1.165) is 13.2 Å². The van der Waals surface area contributed by atoms with Crippen LogP contribution in [0.1, 0.15) is 22.5 Å². The molecule has 1 N–H and O–H groups in total. The first-order valence-electron chi connectivity index (χ1n) is 3.73. The van der Waals surface area contributed by atoms with E-state index in [1.54, 1.807) is 0 Å². The number of aromatic carboxylic acids is 1. The van der Waals surface area contributed by atoms with E-state index < -0.39 is 29.5 Å². The lowest BCUT2D eigenvalue weighted by Crippen LogP contribution is -2.05. The number of alkyl halides is 2. The van der Waals surface area contributed by atoms with Crippen LogP contribution in [0.25, 0.3) is 0 Å². The molecule has 0 bridgehead atoms. The van der Waals surface area contributed by atoms with Crippen LogP contribution in [0, 0.1) is 0 Å². The summed E-state index contributed by atoms with van der Waals surface area (Å²) in [4.78, 5) is 13.9. The third-order valence-corrected chi connectivity index (χ3v) is 1.92. The summed E-state index contributed by atoms with van der Waals surface area (Å²) in [5.74, 6) is -1.84. The highest BCUT2D eigenvalue weighted by molar-refractivity contribution is 6.31. The number of halogens is 3. The molecular weight excluding hydrogens is 232 g/mol. The van der Waals surface area contributed by atoms with Crippen molar-refractivity contribution in [3.63, 3.8) is 0 Å². The Labute approximate surface area is 88.4 Å². The summed E-state index contributed by atoms with van der Waals surface area (Å²) in [6, 6.07) is 0.855. The molecule has 0 radical (unpaired) electrons. The van der Waals surface area contributed by atoms with Crippen molar-refractivity contribution in [2.75, 3.05) is 7.11 Å². The molecule has 0 aliphatic rings. The molecule has 0 saturated carbocycles. The molecule has 0 aromatic carbocycles.